The zero-order valence-electron chi connectivity index (χ0n) is 24.4. The van der Waals surface area contributed by atoms with E-state index in [2.05, 4.69) is 5.32 Å². The first kappa shape index (κ1) is 31.6. The van der Waals surface area contributed by atoms with Crippen LogP contribution in [0.1, 0.15) is 41.8 Å². The predicted molar refractivity (Wildman–Crippen MR) is 153 cm³/mol. The lowest BCUT2D eigenvalue weighted by Crippen LogP contribution is -2.63. The first-order chi connectivity index (χ1) is 19.4. The number of nitrogens with zero attached hydrogens (tertiary/aromatic N) is 2. The maximum absolute atomic E-state index is 13.8. The molecular formula is C29H37ClN4O8. The van der Waals surface area contributed by atoms with Gasteiger partial charge in [-0.05, 0) is 78.0 Å². The molecule has 1 aromatic rings. The molecular weight excluding hydrogens is 568 g/mol. The number of hydrogen-bond donors (Lipinski definition) is 6. The number of amides is 1. The zero-order chi connectivity index (χ0) is 31.6. The number of ketones is 3. The van der Waals surface area contributed by atoms with Crippen LogP contribution in [0.3, 0.4) is 0 Å². The first-order valence-electron chi connectivity index (χ1n) is 13.5. The number of allylic oxidation sites excluding steroid dienone is 1. The smallest absolute Gasteiger partial charge is 0.255 e. The monoisotopic (exact) mass is 604 g/mol. The van der Waals surface area contributed by atoms with E-state index < -0.39 is 69.3 Å². The lowest BCUT2D eigenvalue weighted by molar-refractivity contribution is -0.148. The maximum Gasteiger partial charge on any atom is 0.255 e. The minimum absolute atomic E-state index is 0.0431. The Morgan fingerprint density at radius 1 is 1.19 bits per heavy atom. The standard InChI is InChI=1S/C29H37ClN4O8/c1-28(2,17(36)10-32-3)34(6)11-13-9-16(35)19-14(21(13)30)7-12-8-15-22(33(4)5)24(38)20(27(31)41)26(40)29(15,42)25(39)18(12)23(19)37/h9,12,15,22,32,35,38-39,42H,7-8,10-11H2,1-6H3,(H2,31,41)/t12-,15-,22-,29?/m0/s1. The summed E-state index contributed by atoms with van der Waals surface area (Å²) in [7, 11) is 6.55. The number of aromatic hydroxyl groups is 1. The molecule has 1 unspecified atom stereocenters. The number of carbonyl (C=O) groups excluding carboxylic acids is 4. The van der Waals surface area contributed by atoms with Crippen LogP contribution in [0.2, 0.25) is 5.02 Å². The summed E-state index contributed by atoms with van der Waals surface area (Å²) in [6.07, 6.45) is 0.0269. The van der Waals surface area contributed by atoms with Gasteiger partial charge in [-0.2, -0.15) is 0 Å². The molecule has 0 heterocycles. The van der Waals surface area contributed by atoms with Crippen molar-refractivity contribution in [3.63, 3.8) is 0 Å². The quantitative estimate of drug-likeness (QED) is 0.229. The fourth-order valence-corrected chi connectivity index (χ4v) is 6.80. The molecule has 228 valence electrons. The fourth-order valence-electron chi connectivity index (χ4n) is 6.51. The minimum atomic E-state index is -2.71. The van der Waals surface area contributed by atoms with Crippen molar-refractivity contribution in [2.75, 3.05) is 34.7 Å². The molecule has 0 aromatic heterocycles. The number of benzene rings is 1. The number of phenolic OH excluding ortho intramolecular Hbond substituents is 1. The number of nitrogens with one attached hydrogen (secondary N) is 1. The molecule has 3 aliphatic rings. The number of likely N-dealkylation sites (N-methyl/N-ethyl adjacent to an activating group) is 3. The molecule has 0 bridgehead atoms. The third-order valence-electron chi connectivity index (χ3n) is 9.11. The van der Waals surface area contributed by atoms with Gasteiger partial charge in [-0.15, -0.1) is 0 Å². The lowest BCUT2D eigenvalue weighted by atomic mass is 9.58. The minimum Gasteiger partial charge on any atom is -0.510 e. The van der Waals surface area contributed by atoms with Gasteiger partial charge in [0, 0.05) is 23.1 Å². The van der Waals surface area contributed by atoms with Gasteiger partial charge in [0.05, 0.1) is 23.7 Å². The average molecular weight is 605 g/mol. The highest BCUT2D eigenvalue weighted by Gasteiger charge is 2.63. The molecule has 0 aliphatic heterocycles. The molecule has 0 radical (unpaired) electrons. The lowest BCUT2D eigenvalue weighted by Gasteiger charge is -2.50. The van der Waals surface area contributed by atoms with Crippen molar-refractivity contribution in [2.45, 2.75) is 50.4 Å². The molecule has 0 fully saturated rings. The van der Waals surface area contributed by atoms with Crippen molar-refractivity contribution < 1.29 is 39.6 Å². The van der Waals surface area contributed by atoms with E-state index in [-0.39, 0.29) is 47.9 Å². The van der Waals surface area contributed by atoms with Crippen molar-refractivity contribution in [2.24, 2.45) is 17.6 Å². The molecule has 7 N–H and O–H groups in total. The maximum atomic E-state index is 13.8. The second-order valence-corrected chi connectivity index (χ2v) is 12.4. The normalized spacial score (nSPS) is 26.0. The summed E-state index contributed by atoms with van der Waals surface area (Å²) in [6, 6.07) is 0.239. The summed E-state index contributed by atoms with van der Waals surface area (Å²) >= 11 is 6.83. The fraction of sp³-hybridized carbons (Fsp3) is 0.517. The molecule has 3 aliphatic carbocycles. The summed E-state index contributed by atoms with van der Waals surface area (Å²) in [6.45, 7) is 3.87. The molecule has 42 heavy (non-hydrogen) atoms. The molecule has 1 amide bonds. The van der Waals surface area contributed by atoms with Gasteiger partial charge < -0.3 is 31.5 Å². The van der Waals surface area contributed by atoms with Gasteiger partial charge in [0.15, 0.2) is 17.2 Å². The highest BCUT2D eigenvalue weighted by molar-refractivity contribution is 6.33. The molecule has 0 saturated heterocycles. The van der Waals surface area contributed by atoms with Crippen LogP contribution < -0.4 is 11.1 Å². The van der Waals surface area contributed by atoms with E-state index in [0.29, 0.717) is 11.1 Å². The van der Waals surface area contributed by atoms with Gasteiger partial charge in [-0.3, -0.25) is 29.0 Å². The Morgan fingerprint density at radius 2 is 1.81 bits per heavy atom. The number of carbonyl (C=O) groups is 4. The second kappa shape index (κ2) is 10.8. The third kappa shape index (κ3) is 4.53. The van der Waals surface area contributed by atoms with Crippen LogP contribution in [0.4, 0.5) is 0 Å². The van der Waals surface area contributed by atoms with Crippen molar-refractivity contribution in [1.29, 1.82) is 0 Å². The summed E-state index contributed by atoms with van der Waals surface area (Å²) < 4.78 is 0. The van der Waals surface area contributed by atoms with Gasteiger partial charge in [-0.25, -0.2) is 0 Å². The number of nitrogens with two attached hydrogens (primary N) is 1. The number of hydrogen-bond acceptors (Lipinski definition) is 11. The van der Waals surface area contributed by atoms with Gasteiger partial charge in [0.2, 0.25) is 5.78 Å². The van der Waals surface area contributed by atoms with Crippen molar-refractivity contribution >= 4 is 34.9 Å². The molecule has 12 nitrogen and oxygen atoms in total. The molecule has 13 heteroatoms. The Hall–Kier alpha value is -3.29. The van der Waals surface area contributed by atoms with Crippen LogP contribution in [-0.2, 0) is 27.3 Å². The molecule has 4 atom stereocenters. The van der Waals surface area contributed by atoms with Gasteiger partial charge in [0.25, 0.3) is 5.91 Å². The number of Topliss-reactive ketones (excluding diaryl/α,β-unsaturated/α-hetero) is 3. The first-order valence-corrected chi connectivity index (χ1v) is 13.9. The summed E-state index contributed by atoms with van der Waals surface area (Å²) in [5.41, 5.74) is 1.29. The predicted octanol–water partition coefficient (Wildman–Crippen LogP) is 0.773. The van der Waals surface area contributed by atoms with Crippen LogP contribution in [0, 0.1) is 11.8 Å². The molecule has 0 spiro atoms. The van der Waals surface area contributed by atoms with E-state index in [4.69, 9.17) is 17.3 Å². The largest absolute Gasteiger partial charge is 0.510 e. The highest BCUT2D eigenvalue weighted by Crippen LogP contribution is 2.53. The zero-order valence-corrected chi connectivity index (χ0v) is 25.2. The van der Waals surface area contributed by atoms with E-state index in [1.165, 1.54) is 11.0 Å². The van der Waals surface area contributed by atoms with Crippen LogP contribution in [0.5, 0.6) is 5.75 Å². The molecule has 4 rings (SSSR count). The van der Waals surface area contributed by atoms with E-state index in [1.807, 2.05) is 0 Å². The summed E-state index contributed by atoms with van der Waals surface area (Å²) in [5.74, 6) is -7.32. The Kier molecular flexibility index (Phi) is 8.11. The van der Waals surface area contributed by atoms with Crippen LogP contribution in [0.15, 0.2) is 28.7 Å². The topological polar surface area (TPSA) is 194 Å². The van der Waals surface area contributed by atoms with Crippen LogP contribution in [-0.4, -0.2) is 105 Å². The molecule has 0 saturated carbocycles. The SMILES string of the molecule is CNCC(=O)C(C)(C)N(C)Cc1cc(O)c2c(c1Cl)C[C@H]1C[C@H]3[C@H](N(C)C)C(O)=C(C(N)=O)C(=O)C3(O)C(O)=C1C2=O. The van der Waals surface area contributed by atoms with Crippen molar-refractivity contribution in [3.05, 3.63) is 50.4 Å². The Balaban J connectivity index is 1.82. The van der Waals surface area contributed by atoms with Crippen LogP contribution in [0.25, 0.3) is 0 Å². The Morgan fingerprint density at radius 3 is 2.36 bits per heavy atom. The van der Waals surface area contributed by atoms with E-state index >= 15 is 0 Å². The van der Waals surface area contributed by atoms with Gasteiger partial charge in [-0.1, -0.05) is 11.6 Å². The number of aliphatic hydroxyl groups excluding tert-OH is 2. The van der Waals surface area contributed by atoms with E-state index in [0.717, 1.165) is 0 Å². The van der Waals surface area contributed by atoms with E-state index in [9.17, 15) is 39.6 Å². The number of rotatable bonds is 8. The van der Waals surface area contributed by atoms with Crippen molar-refractivity contribution in [3.8, 4) is 5.75 Å². The highest BCUT2D eigenvalue weighted by atomic mass is 35.5. The average Bonchev–Trinajstić information content (AvgIpc) is 2.88. The number of fused-ring (bicyclic) bond motifs is 3. The number of phenols is 1. The number of primary amides is 1. The third-order valence-corrected chi connectivity index (χ3v) is 9.58. The van der Waals surface area contributed by atoms with Gasteiger partial charge >= 0.3 is 0 Å². The van der Waals surface area contributed by atoms with Gasteiger partial charge in [0.1, 0.15) is 22.8 Å². The number of aliphatic hydroxyl groups is 3. The summed E-state index contributed by atoms with van der Waals surface area (Å²) in [5, 5.41) is 48.0. The number of halogens is 1. The van der Waals surface area contributed by atoms with Crippen LogP contribution >= 0.6 is 11.6 Å². The second-order valence-electron chi connectivity index (χ2n) is 12.1. The van der Waals surface area contributed by atoms with E-state index in [1.54, 1.807) is 46.9 Å². The molecule has 1 aromatic carbocycles. The Labute approximate surface area is 248 Å². The summed E-state index contributed by atoms with van der Waals surface area (Å²) in [4.78, 5) is 55.3. The Bertz CT molecular complexity index is 1470. The van der Waals surface area contributed by atoms with Crippen molar-refractivity contribution in [1.82, 2.24) is 15.1 Å².